The highest BCUT2D eigenvalue weighted by atomic mass is 19.4. The first-order valence-electron chi connectivity index (χ1n) is 13.4. The number of aromatic nitrogens is 2. The van der Waals surface area contributed by atoms with Gasteiger partial charge in [-0.05, 0) is 74.2 Å². The van der Waals surface area contributed by atoms with Crippen molar-refractivity contribution in [2.24, 2.45) is 0 Å². The molecule has 7 nitrogen and oxygen atoms in total. The monoisotopic (exact) mass is 550 g/mol. The normalized spacial score (nSPS) is 17.1. The maximum atomic E-state index is 14.0. The van der Waals surface area contributed by atoms with E-state index in [0.717, 1.165) is 56.5 Å². The van der Waals surface area contributed by atoms with Crippen molar-refractivity contribution >= 4 is 11.5 Å². The molecule has 10 heteroatoms. The second-order valence-electron chi connectivity index (χ2n) is 10.5. The van der Waals surface area contributed by atoms with E-state index in [0.29, 0.717) is 22.9 Å². The van der Waals surface area contributed by atoms with Gasteiger partial charge in [0.1, 0.15) is 11.5 Å². The van der Waals surface area contributed by atoms with Gasteiger partial charge in [-0.2, -0.15) is 13.2 Å². The standard InChI is InChI=1S/C30H33F3N6O/c1-20-3-4-22(17-21(20)5-7-25-11-12-28(37-36-25)34-24-9-10-24)29(40)35-26-8-6-23(27(18-26)30(31,32)33)19-39-15-13-38(2)14-16-39/h3-4,6,8,11-12,17-18,24,29,35,40H,9-10,13-16,19H2,1-2H3,(H,34,37). The predicted molar refractivity (Wildman–Crippen MR) is 149 cm³/mol. The predicted octanol–water partition coefficient (Wildman–Crippen LogP) is 4.63. The summed E-state index contributed by atoms with van der Waals surface area (Å²) < 4.78 is 41.9. The van der Waals surface area contributed by atoms with Crippen molar-refractivity contribution in [1.82, 2.24) is 20.0 Å². The summed E-state index contributed by atoms with van der Waals surface area (Å²) in [7, 11) is 2.01. The van der Waals surface area contributed by atoms with Crippen molar-refractivity contribution in [3.63, 3.8) is 0 Å². The van der Waals surface area contributed by atoms with E-state index in [2.05, 4.69) is 37.6 Å². The second-order valence-corrected chi connectivity index (χ2v) is 10.5. The molecule has 0 amide bonds. The fourth-order valence-corrected chi connectivity index (χ4v) is 4.54. The Morgan fingerprint density at radius 2 is 1.77 bits per heavy atom. The Hall–Kier alpha value is -3.65. The zero-order chi connectivity index (χ0) is 28.3. The Bertz CT molecular complexity index is 1390. The van der Waals surface area contributed by atoms with Crippen molar-refractivity contribution in [3.8, 4) is 11.8 Å². The molecule has 40 heavy (non-hydrogen) atoms. The summed E-state index contributed by atoms with van der Waals surface area (Å²) in [4.78, 5) is 4.20. The number of benzene rings is 2. The highest BCUT2D eigenvalue weighted by Gasteiger charge is 2.34. The third-order valence-electron chi connectivity index (χ3n) is 7.21. The molecule has 1 atom stereocenters. The van der Waals surface area contributed by atoms with Gasteiger partial charge in [0.2, 0.25) is 0 Å². The van der Waals surface area contributed by atoms with Gasteiger partial charge in [-0.3, -0.25) is 4.90 Å². The minimum Gasteiger partial charge on any atom is -0.369 e. The molecule has 1 unspecified atom stereocenters. The van der Waals surface area contributed by atoms with E-state index >= 15 is 0 Å². The molecule has 1 aromatic heterocycles. The number of alkyl halides is 3. The van der Waals surface area contributed by atoms with Crippen molar-refractivity contribution in [1.29, 1.82) is 0 Å². The number of aliphatic hydroxyl groups excluding tert-OH is 1. The van der Waals surface area contributed by atoms with Gasteiger partial charge in [0.05, 0.1) is 5.56 Å². The van der Waals surface area contributed by atoms with Crippen LogP contribution in [0.15, 0.2) is 48.5 Å². The number of aliphatic hydroxyl groups is 1. The maximum Gasteiger partial charge on any atom is 0.416 e. The number of hydrogen-bond acceptors (Lipinski definition) is 7. The lowest BCUT2D eigenvalue weighted by Gasteiger charge is -2.33. The average Bonchev–Trinajstić information content (AvgIpc) is 3.74. The Morgan fingerprint density at radius 1 is 1.00 bits per heavy atom. The maximum absolute atomic E-state index is 14.0. The lowest BCUT2D eigenvalue weighted by Crippen LogP contribution is -2.44. The molecule has 1 aliphatic heterocycles. The molecule has 2 heterocycles. The molecule has 0 radical (unpaired) electrons. The van der Waals surface area contributed by atoms with Crippen LogP contribution in [0, 0.1) is 18.8 Å². The number of nitrogens with zero attached hydrogens (tertiary/aromatic N) is 4. The van der Waals surface area contributed by atoms with Crippen LogP contribution >= 0.6 is 0 Å². The van der Waals surface area contributed by atoms with Gasteiger partial charge in [-0.1, -0.05) is 24.1 Å². The van der Waals surface area contributed by atoms with Crippen LogP contribution in [0.4, 0.5) is 24.7 Å². The highest BCUT2D eigenvalue weighted by molar-refractivity contribution is 5.52. The number of piperazine rings is 1. The number of nitrogens with one attached hydrogen (secondary N) is 2. The minimum atomic E-state index is -4.51. The zero-order valence-corrected chi connectivity index (χ0v) is 22.6. The smallest absolute Gasteiger partial charge is 0.369 e. The van der Waals surface area contributed by atoms with Crippen LogP contribution < -0.4 is 10.6 Å². The third-order valence-corrected chi connectivity index (χ3v) is 7.21. The van der Waals surface area contributed by atoms with Crippen LogP contribution in [0.3, 0.4) is 0 Å². The first-order valence-corrected chi connectivity index (χ1v) is 13.4. The van der Waals surface area contributed by atoms with E-state index in [9.17, 15) is 18.3 Å². The van der Waals surface area contributed by atoms with Crippen molar-refractivity contribution in [3.05, 3.63) is 82.0 Å². The summed E-state index contributed by atoms with van der Waals surface area (Å²) in [6.07, 6.45) is -3.44. The van der Waals surface area contributed by atoms with E-state index in [1.54, 1.807) is 24.3 Å². The van der Waals surface area contributed by atoms with Crippen LogP contribution in [0.1, 0.15) is 52.6 Å². The Balaban J connectivity index is 1.29. The lowest BCUT2D eigenvalue weighted by molar-refractivity contribution is -0.138. The highest BCUT2D eigenvalue weighted by Crippen LogP contribution is 2.35. The molecule has 1 saturated heterocycles. The second kappa shape index (κ2) is 11.8. The number of halogens is 3. The van der Waals surface area contributed by atoms with Crippen LogP contribution in [0.5, 0.6) is 0 Å². The topological polar surface area (TPSA) is 76.6 Å². The fourth-order valence-electron chi connectivity index (χ4n) is 4.54. The molecule has 5 rings (SSSR count). The number of rotatable bonds is 7. The van der Waals surface area contributed by atoms with Crippen molar-refractivity contribution in [2.45, 2.75) is 44.8 Å². The summed E-state index contributed by atoms with van der Waals surface area (Å²) in [6, 6.07) is 13.5. The molecule has 0 bridgehead atoms. The van der Waals surface area contributed by atoms with Gasteiger partial charge in [0.15, 0.2) is 6.23 Å². The van der Waals surface area contributed by atoms with Crippen molar-refractivity contribution in [2.75, 3.05) is 43.9 Å². The van der Waals surface area contributed by atoms with Gasteiger partial charge in [-0.25, -0.2) is 0 Å². The number of aryl methyl sites for hydroxylation is 1. The molecule has 2 fully saturated rings. The molecule has 210 valence electrons. The molecule has 3 N–H and O–H groups in total. The SMILES string of the molecule is Cc1ccc(C(O)Nc2ccc(CN3CCN(C)CC3)c(C(F)(F)F)c2)cc1C#Cc1ccc(NC2CC2)nn1. The summed E-state index contributed by atoms with van der Waals surface area (Å²) in [6.45, 7) is 5.23. The summed E-state index contributed by atoms with van der Waals surface area (Å²) in [5.41, 5.74) is 2.30. The van der Waals surface area contributed by atoms with Crippen LogP contribution in [-0.4, -0.2) is 64.4 Å². The third kappa shape index (κ3) is 7.30. The van der Waals surface area contributed by atoms with Gasteiger partial charge in [0.25, 0.3) is 0 Å². The summed E-state index contributed by atoms with van der Waals surface area (Å²) >= 11 is 0. The van der Waals surface area contributed by atoms with Crippen LogP contribution in [0.25, 0.3) is 0 Å². The van der Waals surface area contributed by atoms with Gasteiger partial charge in [0, 0.05) is 55.6 Å². The largest absolute Gasteiger partial charge is 0.416 e. The van der Waals surface area contributed by atoms with E-state index in [4.69, 9.17) is 0 Å². The number of likely N-dealkylation sites (N-methyl/N-ethyl adjacent to an activating group) is 1. The van der Waals surface area contributed by atoms with Gasteiger partial charge < -0.3 is 20.6 Å². The van der Waals surface area contributed by atoms with Crippen LogP contribution in [0.2, 0.25) is 0 Å². The summed E-state index contributed by atoms with van der Waals surface area (Å²) in [5.74, 6) is 6.79. The first kappa shape index (κ1) is 27.9. The van der Waals surface area contributed by atoms with Gasteiger partial charge >= 0.3 is 6.18 Å². The summed E-state index contributed by atoms with van der Waals surface area (Å²) in [5, 5.41) is 25.2. The Morgan fingerprint density at radius 3 is 2.45 bits per heavy atom. The molecule has 1 aliphatic carbocycles. The van der Waals surface area contributed by atoms with E-state index < -0.39 is 18.0 Å². The quantitative estimate of drug-likeness (QED) is 0.293. The first-order chi connectivity index (χ1) is 19.1. The molecule has 2 aromatic carbocycles. The molecule has 2 aliphatic rings. The molecular weight excluding hydrogens is 517 g/mol. The lowest BCUT2D eigenvalue weighted by atomic mass is 10.0. The molecular formula is C30H33F3N6O. The molecule has 1 saturated carbocycles. The van der Waals surface area contributed by atoms with E-state index in [1.165, 1.54) is 6.07 Å². The van der Waals surface area contributed by atoms with Gasteiger partial charge in [-0.15, -0.1) is 10.2 Å². The Kier molecular flexibility index (Phi) is 8.26. The fraction of sp³-hybridized carbons (Fsp3) is 0.400. The Labute approximate surface area is 232 Å². The molecule has 3 aromatic rings. The zero-order valence-electron chi connectivity index (χ0n) is 22.6. The van der Waals surface area contributed by atoms with E-state index in [-0.39, 0.29) is 17.8 Å². The van der Waals surface area contributed by atoms with E-state index in [1.807, 2.05) is 31.0 Å². The van der Waals surface area contributed by atoms with Crippen LogP contribution in [-0.2, 0) is 12.7 Å². The molecule has 0 spiro atoms. The number of anilines is 2. The average molecular weight is 551 g/mol. The number of hydrogen-bond donors (Lipinski definition) is 3. The minimum absolute atomic E-state index is 0.185. The van der Waals surface area contributed by atoms with Crippen molar-refractivity contribution < 1.29 is 18.3 Å².